The number of halogens is 1. The molecule has 1 aliphatic rings. The van der Waals surface area contributed by atoms with Gasteiger partial charge in [-0.25, -0.2) is 18.9 Å². The maximum absolute atomic E-state index is 13.3. The summed E-state index contributed by atoms with van der Waals surface area (Å²) < 4.78 is 28.0. The van der Waals surface area contributed by atoms with Crippen molar-refractivity contribution in [2.24, 2.45) is 0 Å². The molecule has 0 aliphatic carbocycles. The van der Waals surface area contributed by atoms with Crippen LogP contribution in [-0.2, 0) is 16.6 Å². The average Bonchev–Trinajstić information content (AvgIpc) is 3.42. The van der Waals surface area contributed by atoms with Crippen molar-refractivity contribution in [2.75, 3.05) is 44.2 Å². The maximum atomic E-state index is 13.3. The first-order valence-electron chi connectivity index (χ1n) is 11.9. The molecule has 2 N–H and O–H groups in total. The summed E-state index contributed by atoms with van der Waals surface area (Å²) in [4.78, 5) is 20.6. The van der Waals surface area contributed by atoms with E-state index in [0.717, 1.165) is 42.1 Å². The number of benzene rings is 2. The van der Waals surface area contributed by atoms with Gasteiger partial charge in [0.05, 0.1) is 11.1 Å². The molecule has 0 saturated carbocycles. The molecule has 200 valence electrons. The molecular weight excluding hydrogens is 534 g/mol. The minimum Gasteiger partial charge on any atom is -0.345 e. The van der Waals surface area contributed by atoms with Gasteiger partial charge in [-0.3, -0.25) is 14.9 Å². The van der Waals surface area contributed by atoms with E-state index in [9.17, 15) is 13.2 Å². The first-order chi connectivity index (χ1) is 17.3. The number of sulfonamides is 1. The number of hydrogen-bond acceptors (Lipinski definition) is 8. The largest absolute Gasteiger partial charge is 0.345 e. The number of nitrogens with zero attached hydrogens (tertiary/aromatic N) is 4. The molecule has 12 heteroatoms. The van der Waals surface area contributed by atoms with Crippen LogP contribution in [0.15, 0.2) is 59.6 Å². The third kappa shape index (κ3) is 6.67. The second-order valence-corrected chi connectivity index (χ2v) is 11.5. The van der Waals surface area contributed by atoms with Crippen LogP contribution < -0.4 is 10.4 Å². The van der Waals surface area contributed by atoms with E-state index >= 15 is 0 Å². The number of hydrogen-bond donors (Lipinski definition) is 2. The Bertz CT molecular complexity index is 1290. The number of amides is 1. The molecule has 2 heterocycles. The lowest BCUT2D eigenvalue weighted by molar-refractivity contribution is 0.0710. The van der Waals surface area contributed by atoms with Crippen LogP contribution >= 0.6 is 23.7 Å². The quantitative estimate of drug-likeness (QED) is 0.301. The number of thiazole rings is 1. The van der Waals surface area contributed by atoms with Gasteiger partial charge in [0.15, 0.2) is 5.13 Å². The standard InChI is InChI=1S/C25H31N5O4S2.ClH/c1-3-28(4-2)18-19-6-5-7-21(16-19)20-8-10-22(11-9-20)36(33,34)30-14-12-29(13-15-30)25-26-17-23(35-25)24(31)27-32;/h5-11,16-17,32H,3-4,12-15,18H2,1-2H3,(H,27,31);1H. The zero-order chi connectivity index (χ0) is 25.7. The molecule has 1 aromatic heterocycles. The Morgan fingerprint density at radius 1 is 1.05 bits per heavy atom. The third-order valence-electron chi connectivity index (χ3n) is 6.38. The van der Waals surface area contributed by atoms with E-state index in [2.05, 4.69) is 35.9 Å². The number of rotatable bonds is 9. The molecule has 0 atom stereocenters. The first kappa shape index (κ1) is 29.0. The third-order valence-corrected chi connectivity index (χ3v) is 9.35. The summed E-state index contributed by atoms with van der Waals surface area (Å²) in [5.41, 5.74) is 4.87. The topological polar surface area (TPSA) is 106 Å². The van der Waals surface area contributed by atoms with Crippen molar-refractivity contribution in [1.29, 1.82) is 0 Å². The number of hydroxylamine groups is 1. The highest BCUT2D eigenvalue weighted by molar-refractivity contribution is 7.89. The smallest absolute Gasteiger partial charge is 0.286 e. The highest BCUT2D eigenvalue weighted by Crippen LogP contribution is 2.27. The van der Waals surface area contributed by atoms with Gasteiger partial charge in [-0.2, -0.15) is 4.31 Å². The molecule has 0 bridgehead atoms. The van der Waals surface area contributed by atoms with Crippen molar-refractivity contribution in [3.63, 3.8) is 0 Å². The molecule has 2 aromatic carbocycles. The predicted molar refractivity (Wildman–Crippen MR) is 148 cm³/mol. The molecule has 0 unspecified atom stereocenters. The molecular formula is C25H32ClN5O4S2. The van der Waals surface area contributed by atoms with Gasteiger partial charge in [0.2, 0.25) is 10.0 Å². The Morgan fingerprint density at radius 3 is 2.35 bits per heavy atom. The molecule has 4 rings (SSSR count). The molecule has 0 radical (unpaired) electrons. The molecule has 1 fully saturated rings. The maximum Gasteiger partial charge on any atom is 0.286 e. The average molecular weight is 566 g/mol. The Kier molecular flexibility index (Phi) is 10.0. The summed E-state index contributed by atoms with van der Waals surface area (Å²) >= 11 is 1.16. The fourth-order valence-electron chi connectivity index (χ4n) is 4.21. The normalized spacial score (nSPS) is 14.4. The van der Waals surface area contributed by atoms with E-state index in [1.54, 1.807) is 17.6 Å². The number of aromatic nitrogens is 1. The molecule has 1 amide bonds. The van der Waals surface area contributed by atoms with Crippen molar-refractivity contribution >= 4 is 44.8 Å². The van der Waals surface area contributed by atoms with Gasteiger partial charge in [0.25, 0.3) is 5.91 Å². The summed E-state index contributed by atoms with van der Waals surface area (Å²) in [6, 6.07) is 15.4. The summed E-state index contributed by atoms with van der Waals surface area (Å²) in [6.45, 7) is 8.74. The monoisotopic (exact) mass is 565 g/mol. The SMILES string of the molecule is CCN(CC)Cc1cccc(-c2ccc(S(=O)(=O)N3CCN(c4ncc(C(=O)NO)s4)CC3)cc2)c1.Cl. The zero-order valence-corrected chi connectivity index (χ0v) is 23.3. The number of anilines is 1. The van der Waals surface area contributed by atoms with Gasteiger partial charge in [0.1, 0.15) is 4.88 Å². The van der Waals surface area contributed by atoms with E-state index in [1.807, 2.05) is 29.2 Å². The molecule has 3 aromatic rings. The number of carbonyl (C=O) groups excluding carboxylic acids is 1. The lowest BCUT2D eigenvalue weighted by Gasteiger charge is -2.33. The fourth-order valence-corrected chi connectivity index (χ4v) is 6.49. The molecule has 37 heavy (non-hydrogen) atoms. The van der Waals surface area contributed by atoms with Gasteiger partial charge < -0.3 is 4.90 Å². The summed E-state index contributed by atoms with van der Waals surface area (Å²) in [7, 11) is -3.62. The van der Waals surface area contributed by atoms with Gasteiger partial charge in [-0.1, -0.05) is 55.5 Å². The van der Waals surface area contributed by atoms with Gasteiger partial charge in [-0.15, -0.1) is 12.4 Å². The zero-order valence-electron chi connectivity index (χ0n) is 20.8. The van der Waals surface area contributed by atoms with Crippen molar-refractivity contribution in [1.82, 2.24) is 19.7 Å². The van der Waals surface area contributed by atoms with Crippen molar-refractivity contribution in [3.8, 4) is 11.1 Å². The molecule has 1 aliphatic heterocycles. The molecule has 9 nitrogen and oxygen atoms in total. The van der Waals surface area contributed by atoms with Crippen LogP contribution in [-0.4, -0.2) is 73.0 Å². The summed E-state index contributed by atoms with van der Waals surface area (Å²) in [5, 5.41) is 9.40. The lowest BCUT2D eigenvalue weighted by Crippen LogP contribution is -2.48. The minimum atomic E-state index is -3.62. The van der Waals surface area contributed by atoms with Crippen LogP contribution in [0.25, 0.3) is 11.1 Å². The van der Waals surface area contributed by atoms with Gasteiger partial charge >= 0.3 is 0 Å². The molecule has 0 spiro atoms. The second-order valence-electron chi connectivity index (χ2n) is 8.53. The Morgan fingerprint density at radius 2 is 1.73 bits per heavy atom. The van der Waals surface area contributed by atoms with Crippen molar-refractivity contribution in [3.05, 3.63) is 65.2 Å². The van der Waals surface area contributed by atoms with Crippen LogP contribution in [0.4, 0.5) is 5.13 Å². The number of nitrogens with one attached hydrogen (secondary N) is 1. The van der Waals surface area contributed by atoms with Crippen molar-refractivity contribution in [2.45, 2.75) is 25.3 Å². The van der Waals surface area contributed by atoms with Crippen LogP contribution in [0.5, 0.6) is 0 Å². The highest BCUT2D eigenvalue weighted by Gasteiger charge is 2.29. The van der Waals surface area contributed by atoms with E-state index in [1.165, 1.54) is 16.1 Å². The summed E-state index contributed by atoms with van der Waals surface area (Å²) in [5.74, 6) is -0.612. The summed E-state index contributed by atoms with van der Waals surface area (Å²) in [6.07, 6.45) is 1.40. The second kappa shape index (κ2) is 12.8. The van der Waals surface area contributed by atoms with E-state index in [4.69, 9.17) is 5.21 Å². The minimum absolute atomic E-state index is 0. The fraction of sp³-hybridized carbons (Fsp3) is 0.360. The van der Waals surface area contributed by atoms with Crippen LogP contribution in [0.2, 0.25) is 0 Å². The predicted octanol–water partition coefficient (Wildman–Crippen LogP) is 3.70. The Labute approximate surface area is 228 Å². The molecule has 1 saturated heterocycles. The number of carbonyl (C=O) groups is 1. The van der Waals surface area contributed by atoms with Gasteiger partial charge in [0, 0.05) is 32.7 Å². The van der Waals surface area contributed by atoms with Crippen LogP contribution in [0.3, 0.4) is 0 Å². The lowest BCUT2D eigenvalue weighted by atomic mass is 10.0. The van der Waals surface area contributed by atoms with Crippen molar-refractivity contribution < 1.29 is 18.4 Å². The van der Waals surface area contributed by atoms with E-state index in [0.29, 0.717) is 36.2 Å². The van der Waals surface area contributed by atoms with Gasteiger partial charge in [-0.05, 0) is 48.0 Å². The Hall–Kier alpha value is -2.54. The number of piperazine rings is 1. The van der Waals surface area contributed by atoms with Crippen LogP contribution in [0, 0.1) is 0 Å². The highest BCUT2D eigenvalue weighted by atomic mass is 35.5. The van der Waals surface area contributed by atoms with Crippen LogP contribution in [0.1, 0.15) is 29.1 Å². The first-order valence-corrected chi connectivity index (χ1v) is 14.2. The Balaban J connectivity index is 0.00000380. The van der Waals surface area contributed by atoms with E-state index < -0.39 is 15.9 Å². The van der Waals surface area contributed by atoms with E-state index in [-0.39, 0.29) is 17.3 Å².